The molecule has 1 aliphatic rings. The number of nitriles is 1. The molecule has 0 saturated carbocycles. The first-order chi connectivity index (χ1) is 31.5. The molecule has 0 N–H and O–H groups in total. The van der Waals surface area contributed by atoms with E-state index < -0.39 is 11.8 Å². The van der Waals surface area contributed by atoms with Crippen LogP contribution in [0.5, 0.6) is 0 Å². The lowest BCUT2D eigenvalue weighted by Crippen LogP contribution is -2.30. The summed E-state index contributed by atoms with van der Waals surface area (Å²) in [5.41, 5.74) is 13.5. The van der Waals surface area contributed by atoms with Crippen LogP contribution in [0.25, 0.3) is 88.0 Å². The summed E-state index contributed by atoms with van der Waals surface area (Å²) >= 11 is 0. The Balaban J connectivity index is 1.14. The van der Waals surface area contributed by atoms with Crippen LogP contribution >= 0.6 is 0 Å². The minimum absolute atomic E-state index is 0.316. The van der Waals surface area contributed by atoms with E-state index in [0.717, 1.165) is 77.4 Å². The molecule has 2 heterocycles. The average Bonchev–Trinajstić information content (AvgIpc) is 3.83. The number of carbonyl (C=O) groups is 2. The van der Waals surface area contributed by atoms with E-state index in [0.29, 0.717) is 33.8 Å². The first-order valence-electron chi connectivity index (χ1n) is 20.9. The molecule has 10 aromatic rings. The van der Waals surface area contributed by atoms with Crippen LogP contribution in [0.3, 0.4) is 0 Å². The Bertz CT molecular complexity index is 3440. The maximum atomic E-state index is 15.6. The summed E-state index contributed by atoms with van der Waals surface area (Å²) < 4.78 is 2.09. The maximum Gasteiger partial charge on any atom is 0.268 e. The predicted molar refractivity (Wildman–Crippen MR) is 257 cm³/mol. The van der Waals surface area contributed by atoms with Crippen molar-refractivity contribution in [1.82, 2.24) is 4.57 Å². The number of rotatable bonds is 7. The summed E-state index contributed by atoms with van der Waals surface area (Å²) in [6.07, 6.45) is 0. The molecule has 298 valence electrons. The van der Waals surface area contributed by atoms with Crippen molar-refractivity contribution >= 4 is 45.0 Å². The zero-order chi connectivity index (χ0) is 43.3. The molecule has 0 bridgehead atoms. The van der Waals surface area contributed by atoms with Gasteiger partial charge in [-0.25, -0.2) is 9.74 Å². The van der Waals surface area contributed by atoms with E-state index in [1.54, 1.807) is 18.2 Å². The van der Waals surface area contributed by atoms with Gasteiger partial charge in [-0.1, -0.05) is 140 Å². The van der Waals surface area contributed by atoms with Gasteiger partial charge in [-0.05, 0) is 111 Å². The number of hydrogen-bond acceptors (Lipinski definition) is 3. The quantitative estimate of drug-likeness (QED) is 0.119. The molecular formula is C58H34N4O2. The van der Waals surface area contributed by atoms with E-state index in [4.69, 9.17) is 6.57 Å². The van der Waals surface area contributed by atoms with Gasteiger partial charge in [-0.3, -0.25) is 9.59 Å². The Morgan fingerprint density at radius 1 is 0.438 bits per heavy atom. The lowest BCUT2D eigenvalue weighted by atomic mass is 9.90. The largest absolute Gasteiger partial charge is 0.308 e. The van der Waals surface area contributed by atoms with Gasteiger partial charge in [0.25, 0.3) is 11.8 Å². The van der Waals surface area contributed by atoms with E-state index in [2.05, 4.69) is 51.9 Å². The van der Waals surface area contributed by atoms with Gasteiger partial charge >= 0.3 is 0 Å². The SMILES string of the molecule is [C-]#[N+]c1cccc(-c2ccc3c(c2)c2cc(-c4cccc(C#N)c4)ccc2n3-c2cccc3c2C(=O)N(c2c(-c4ccccc4)cc(-c4ccccc4)cc2-c2ccccc2)C3=O)c1. The lowest BCUT2D eigenvalue weighted by molar-refractivity contribution is 0.0926. The summed E-state index contributed by atoms with van der Waals surface area (Å²) in [5.74, 6) is -0.809. The molecule has 0 saturated heterocycles. The van der Waals surface area contributed by atoms with Gasteiger partial charge in [0, 0.05) is 21.9 Å². The molecule has 0 aliphatic carbocycles. The fraction of sp³-hybridized carbons (Fsp3) is 0. The molecule has 6 heteroatoms. The van der Waals surface area contributed by atoms with E-state index in [-0.39, 0.29) is 0 Å². The second-order valence-electron chi connectivity index (χ2n) is 15.8. The van der Waals surface area contributed by atoms with Crippen molar-refractivity contribution in [3.05, 3.63) is 234 Å². The van der Waals surface area contributed by atoms with E-state index >= 15 is 9.59 Å². The fourth-order valence-electron chi connectivity index (χ4n) is 9.17. The van der Waals surface area contributed by atoms with Crippen LogP contribution in [-0.4, -0.2) is 16.4 Å². The van der Waals surface area contributed by atoms with E-state index in [9.17, 15) is 5.26 Å². The summed E-state index contributed by atoms with van der Waals surface area (Å²) in [6.45, 7) is 7.64. The predicted octanol–water partition coefficient (Wildman–Crippen LogP) is 14.3. The molecule has 1 aromatic heterocycles. The van der Waals surface area contributed by atoms with Gasteiger partial charge in [0.1, 0.15) is 0 Å². The van der Waals surface area contributed by atoms with Crippen molar-refractivity contribution in [2.24, 2.45) is 0 Å². The fourth-order valence-corrected chi connectivity index (χ4v) is 9.17. The third-order valence-corrected chi connectivity index (χ3v) is 12.1. The summed E-state index contributed by atoms with van der Waals surface area (Å²) in [6, 6.07) is 69.5. The number of fused-ring (bicyclic) bond motifs is 4. The normalized spacial score (nSPS) is 12.1. The molecule has 0 fully saturated rings. The molecule has 1 aliphatic heterocycles. The first-order valence-corrected chi connectivity index (χ1v) is 20.9. The van der Waals surface area contributed by atoms with Crippen LogP contribution in [0.4, 0.5) is 11.4 Å². The van der Waals surface area contributed by atoms with Gasteiger partial charge in [-0.2, -0.15) is 5.26 Å². The highest BCUT2D eigenvalue weighted by molar-refractivity contribution is 6.37. The van der Waals surface area contributed by atoms with Gasteiger partial charge in [0.05, 0.1) is 51.7 Å². The van der Waals surface area contributed by atoms with Crippen LogP contribution in [0, 0.1) is 17.9 Å². The highest BCUT2D eigenvalue weighted by Gasteiger charge is 2.42. The molecular weight excluding hydrogens is 785 g/mol. The number of anilines is 1. The first kappa shape index (κ1) is 37.9. The topological polar surface area (TPSA) is 70.5 Å². The third kappa shape index (κ3) is 6.26. The third-order valence-electron chi connectivity index (χ3n) is 12.1. The van der Waals surface area contributed by atoms with Crippen molar-refractivity contribution in [2.75, 3.05) is 4.90 Å². The number of carbonyl (C=O) groups excluding carboxylic acids is 2. The van der Waals surface area contributed by atoms with Crippen LogP contribution in [0.2, 0.25) is 0 Å². The van der Waals surface area contributed by atoms with Crippen LogP contribution < -0.4 is 4.90 Å². The lowest BCUT2D eigenvalue weighted by Gasteiger charge is -2.24. The Morgan fingerprint density at radius 3 is 1.53 bits per heavy atom. The van der Waals surface area contributed by atoms with Crippen molar-refractivity contribution in [3.8, 4) is 67.4 Å². The Morgan fingerprint density at radius 2 is 0.953 bits per heavy atom. The van der Waals surface area contributed by atoms with Gasteiger partial charge in [0.15, 0.2) is 5.69 Å². The zero-order valence-electron chi connectivity index (χ0n) is 34.2. The molecule has 2 amide bonds. The van der Waals surface area contributed by atoms with Crippen molar-refractivity contribution in [3.63, 3.8) is 0 Å². The van der Waals surface area contributed by atoms with Crippen LogP contribution in [0.15, 0.2) is 206 Å². The molecule has 0 unspecified atom stereocenters. The average molecular weight is 819 g/mol. The molecule has 6 nitrogen and oxygen atoms in total. The van der Waals surface area contributed by atoms with Gasteiger partial charge in [0.2, 0.25) is 0 Å². The molecule has 0 spiro atoms. The Labute approximate surface area is 369 Å². The number of imide groups is 1. The van der Waals surface area contributed by atoms with Crippen molar-refractivity contribution in [2.45, 2.75) is 0 Å². The number of amides is 2. The summed E-state index contributed by atoms with van der Waals surface area (Å²) in [5, 5.41) is 11.6. The molecule has 64 heavy (non-hydrogen) atoms. The molecule has 0 radical (unpaired) electrons. The maximum absolute atomic E-state index is 15.6. The minimum atomic E-state index is -0.412. The van der Waals surface area contributed by atoms with Crippen molar-refractivity contribution in [1.29, 1.82) is 5.26 Å². The standard InChI is InChI=1S/C58H34N4O2/c1-60-46-23-12-22-42(31-46)44-27-29-53-51(33-44)50-32-43(41-21-11-14-37(30-41)36-59)26-28-52(50)61(53)54-25-13-24-47-55(54)58(64)62(57(47)63)56-48(39-17-7-3-8-18-39)34-45(38-15-5-2-6-16-38)35-49(56)40-19-9-4-10-20-40/h2-35H. The van der Waals surface area contributed by atoms with Gasteiger partial charge in [-0.15, -0.1) is 0 Å². The van der Waals surface area contributed by atoms with Crippen molar-refractivity contribution < 1.29 is 9.59 Å². The highest BCUT2D eigenvalue weighted by atomic mass is 16.2. The zero-order valence-corrected chi connectivity index (χ0v) is 34.2. The van der Waals surface area contributed by atoms with Crippen LogP contribution in [0.1, 0.15) is 26.3 Å². The van der Waals surface area contributed by atoms with E-state index in [1.807, 2.05) is 152 Å². The monoisotopic (exact) mass is 818 g/mol. The molecule has 11 rings (SSSR count). The summed E-state index contributed by atoms with van der Waals surface area (Å²) in [4.78, 5) is 35.7. The smallest absolute Gasteiger partial charge is 0.268 e. The second-order valence-corrected chi connectivity index (χ2v) is 15.8. The van der Waals surface area contributed by atoms with E-state index in [1.165, 1.54) is 4.90 Å². The number of nitrogens with zero attached hydrogens (tertiary/aromatic N) is 4. The Hall–Kier alpha value is -9.10. The second kappa shape index (κ2) is 15.4. The highest BCUT2D eigenvalue weighted by Crippen LogP contribution is 2.47. The number of benzene rings is 9. The molecule has 0 atom stereocenters. The number of aromatic nitrogens is 1. The van der Waals surface area contributed by atoms with Crippen LogP contribution in [-0.2, 0) is 0 Å². The Kier molecular flexibility index (Phi) is 9.12. The molecule has 9 aromatic carbocycles. The minimum Gasteiger partial charge on any atom is -0.308 e. The van der Waals surface area contributed by atoms with Gasteiger partial charge < -0.3 is 4.57 Å². The number of hydrogen-bond donors (Lipinski definition) is 0. The summed E-state index contributed by atoms with van der Waals surface area (Å²) in [7, 11) is 0.